The van der Waals surface area contributed by atoms with Crippen LogP contribution in [0.15, 0.2) is 89.3 Å². The average molecular weight is 433 g/mol. The second-order valence-electron chi connectivity index (χ2n) is 11.2. The summed E-state index contributed by atoms with van der Waals surface area (Å²) < 4.78 is 6.14. The summed E-state index contributed by atoms with van der Waals surface area (Å²) in [5.74, 6) is 0. The summed E-state index contributed by atoms with van der Waals surface area (Å²) in [6.45, 7) is 13.7. The predicted molar refractivity (Wildman–Crippen MR) is 142 cm³/mol. The highest BCUT2D eigenvalue weighted by Crippen LogP contribution is 2.39. The maximum absolute atomic E-state index is 6.14. The first-order chi connectivity index (χ1) is 15.6. The fourth-order valence-electron chi connectivity index (χ4n) is 4.54. The van der Waals surface area contributed by atoms with Gasteiger partial charge in [0.15, 0.2) is 0 Å². The van der Waals surface area contributed by atoms with Crippen LogP contribution in [0.5, 0.6) is 0 Å². The minimum Gasteiger partial charge on any atom is -0.456 e. The zero-order valence-corrected chi connectivity index (χ0v) is 20.5. The first-order valence-corrected chi connectivity index (χ1v) is 11.8. The van der Waals surface area contributed by atoms with Gasteiger partial charge in [0.1, 0.15) is 11.2 Å². The molecule has 0 N–H and O–H groups in total. The molecule has 1 aromatic heterocycles. The van der Waals surface area contributed by atoms with E-state index in [0.717, 1.165) is 11.2 Å². The first-order valence-electron chi connectivity index (χ1n) is 11.8. The number of benzene rings is 4. The number of fused-ring (bicyclic) bond motifs is 3. The van der Waals surface area contributed by atoms with E-state index in [4.69, 9.17) is 4.42 Å². The van der Waals surface area contributed by atoms with Gasteiger partial charge in [0.2, 0.25) is 0 Å². The van der Waals surface area contributed by atoms with Crippen LogP contribution in [0.25, 0.3) is 44.2 Å². The van der Waals surface area contributed by atoms with E-state index < -0.39 is 0 Å². The minimum absolute atomic E-state index is 0.0922. The van der Waals surface area contributed by atoms with Crippen molar-refractivity contribution in [3.63, 3.8) is 0 Å². The fourth-order valence-corrected chi connectivity index (χ4v) is 4.54. The molecule has 0 aliphatic carbocycles. The summed E-state index contributed by atoms with van der Waals surface area (Å²) in [6.07, 6.45) is 0. The number of para-hydroxylation sites is 1. The summed E-state index contributed by atoms with van der Waals surface area (Å²) in [6, 6.07) is 30.7. The van der Waals surface area contributed by atoms with Crippen molar-refractivity contribution >= 4 is 21.9 Å². The highest BCUT2D eigenvalue weighted by Gasteiger charge is 2.21. The molecule has 0 aliphatic rings. The molecule has 0 amide bonds. The lowest BCUT2D eigenvalue weighted by Gasteiger charge is -2.26. The van der Waals surface area contributed by atoms with Crippen LogP contribution in [-0.4, -0.2) is 0 Å². The Balaban J connectivity index is 1.71. The van der Waals surface area contributed by atoms with Crippen molar-refractivity contribution in [3.8, 4) is 22.3 Å². The molecule has 0 fully saturated rings. The van der Waals surface area contributed by atoms with Crippen LogP contribution < -0.4 is 0 Å². The molecule has 0 atom stereocenters. The molecule has 33 heavy (non-hydrogen) atoms. The van der Waals surface area contributed by atoms with Crippen LogP contribution >= 0.6 is 0 Å². The van der Waals surface area contributed by atoms with Gasteiger partial charge < -0.3 is 4.42 Å². The molecule has 4 aromatic carbocycles. The molecule has 0 saturated carbocycles. The van der Waals surface area contributed by atoms with Gasteiger partial charge in [-0.3, -0.25) is 0 Å². The zero-order chi connectivity index (χ0) is 23.4. The van der Waals surface area contributed by atoms with E-state index in [1.807, 2.05) is 12.1 Å². The summed E-state index contributed by atoms with van der Waals surface area (Å²) in [5.41, 5.74) is 9.74. The molecule has 1 heteroatoms. The molecule has 0 aliphatic heterocycles. The van der Waals surface area contributed by atoms with E-state index in [1.54, 1.807) is 0 Å². The summed E-state index contributed by atoms with van der Waals surface area (Å²) in [5, 5.41) is 2.35. The second-order valence-corrected chi connectivity index (χ2v) is 11.2. The molecule has 1 heterocycles. The molecule has 0 unspecified atom stereocenters. The van der Waals surface area contributed by atoms with Crippen molar-refractivity contribution in [2.45, 2.75) is 52.4 Å². The fraction of sp³-hybridized carbons (Fsp3) is 0.250. The van der Waals surface area contributed by atoms with Crippen molar-refractivity contribution in [2.24, 2.45) is 0 Å². The van der Waals surface area contributed by atoms with E-state index in [0.29, 0.717) is 0 Å². The molecule has 0 saturated heterocycles. The molecule has 5 rings (SSSR count). The van der Waals surface area contributed by atoms with Gasteiger partial charge in [0.05, 0.1) is 0 Å². The van der Waals surface area contributed by atoms with E-state index >= 15 is 0 Å². The largest absolute Gasteiger partial charge is 0.456 e. The van der Waals surface area contributed by atoms with Crippen LogP contribution in [-0.2, 0) is 10.8 Å². The van der Waals surface area contributed by atoms with Gasteiger partial charge in [-0.15, -0.1) is 0 Å². The van der Waals surface area contributed by atoms with Crippen molar-refractivity contribution in [3.05, 3.63) is 96.1 Å². The lowest BCUT2D eigenvalue weighted by Crippen LogP contribution is -2.16. The Kier molecular flexibility index (Phi) is 4.97. The molecule has 5 aromatic rings. The third-order valence-electron chi connectivity index (χ3n) is 6.57. The Morgan fingerprint density at radius 1 is 0.515 bits per heavy atom. The van der Waals surface area contributed by atoms with E-state index in [1.165, 1.54) is 44.2 Å². The maximum atomic E-state index is 6.14. The van der Waals surface area contributed by atoms with E-state index in [2.05, 4.69) is 114 Å². The summed E-state index contributed by atoms with van der Waals surface area (Å²) in [4.78, 5) is 0. The molecule has 0 spiro atoms. The Bertz CT molecular complexity index is 1440. The van der Waals surface area contributed by atoms with Crippen molar-refractivity contribution in [2.75, 3.05) is 0 Å². The number of rotatable bonds is 2. The molecular formula is C32H32O. The van der Waals surface area contributed by atoms with E-state index in [9.17, 15) is 0 Å². The monoisotopic (exact) mass is 432 g/mol. The van der Waals surface area contributed by atoms with Gasteiger partial charge >= 0.3 is 0 Å². The van der Waals surface area contributed by atoms with Crippen LogP contribution in [0.2, 0.25) is 0 Å². The SMILES string of the molecule is CC(C)(C)c1cc(-c2cccc(-c3cccc4oc5ccccc5c34)c2)cc(C(C)(C)C)c1. The first kappa shape index (κ1) is 21.5. The van der Waals surface area contributed by atoms with Crippen LogP contribution in [0.3, 0.4) is 0 Å². The third kappa shape index (κ3) is 3.97. The smallest absolute Gasteiger partial charge is 0.136 e. The molecule has 0 bridgehead atoms. The topological polar surface area (TPSA) is 13.1 Å². The van der Waals surface area contributed by atoms with Gasteiger partial charge in [-0.05, 0) is 62.4 Å². The summed E-state index contributed by atoms with van der Waals surface area (Å²) >= 11 is 0. The Hall–Kier alpha value is -3.32. The third-order valence-corrected chi connectivity index (χ3v) is 6.57. The molecular weight excluding hydrogens is 400 g/mol. The van der Waals surface area contributed by atoms with Crippen molar-refractivity contribution in [1.29, 1.82) is 0 Å². The number of furan rings is 1. The highest BCUT2D eigenvalue weighted by atomic mass is 16.3. The molecule has 1 nitrogen and oxygen atoms in total. The minimum atomic E-state index is 0.0922. The van der Waals surface area contributed by atoms with Crippen LogP contribution in [0.1, 0.15) is 52.7 Å². The Morgan fingerprint density at radius 2 is 1.12 bits per heavy atom. The normalized spacial score (nSPS) is 12.5. The number of hydrogen-bond donors (Lipinski definition) is 0. The highest BCUT2D eigenvalue weighted by molar-refractivity contribution is 6.12. The maximum Gasteiger partial charge on any atom is 0.136 e. The van der Waals surface area contributed by atoms with Gasteiger partial charge in [0, 0.05) is 10.8 Å². The van der Waals surface area contributed by atoms with E-state index in [-0.39, 0.29) is 10.8 Å². The average Bonchev–Trinajstić information content (AvgIpc) is 3.16. The lowest BCUT2D eigenvalue weighted by atomic mass is 9.79. The number of hydrogen-bond acceptors (Lipinski definition) is 1. The predicted octanol–water partition coefficient (Wildman–Crippen LogP) is 9.51. The Morgan fingerprint density at radius 3 is 1.82 bits per heavy atom. The van der Waals surface area contributed by atoms with Crippen LogP contribution in [0, 0.1) is 0 Å². The van der Waals surface area contributed by atoms with Crippen molar-refractivity contribution < 1.29 is 4.42 Å². The second kappa shape index (κ2) is 7.63. The van der Waals surface area contributed by atoms with Gasteiger partial charge in [-0.1, -0.05) is 108 Å². The molecule has 0 radical (unpaired) electrons. The summed E-state index contributed by atoms with van der Waals surface area (Å²) in [7, 11) is 0. The Labute approximate surface area is 197 Å². The van der Waals surface area contributed by atoms with Gasteiger partial charge in [0.25, 0.3) is 0 Å². The quantitative estimate of drug-likeness (QED) is 0.271. The lowest BCUT2D eigenvalue weighted by molar-refractivity contribution is 0.569. The van der Waals surface area contributed by atoms with Crippen molar-refractivity contribution in [1.82, 2.24) is 0 Å². The zero-order valence-electron chi connectivity index (χ0n) is 20.5. The van der Waals surface area contributed by atoms with Crippen LogP contribution in [0.4, 0.5) is 0 Å². The van der Waals surface area contributed by atoms with Gasteiger partial charge in [-0.25, -0.2) is 0 Å². The standard InChI is InChI=1S/C32H32O/c1-31(2,3)24-18-23(19-25(20-24)32(4,5)6)21-11-9-12-22(17-21)26-14-10-16-29-30(26)27-13-7-8-15-28(27)33-29/h7-20H,1-6H3. The molecule has 166 valence electrons. The van der Waals surface area contributed by atoms with Gasteiger partial charge in [-0.2, -0.15) is 0 Å².